The molecule has 0 aliphatic heterocycles. The fourth-order valence-electron chi connectivity index (χ4n) is 1.30. The highest BCUT2D eigenvalue weighted by Gasteiger charge is 2.04. The molecule has 1 aromatic heterocycles. The van der Waals surface area contributed by atoms with Crippen LogP contribution in [0.5, 0.6) is 0 Å². The molecule has 0 aliphatic rings. The van der Waals surface area contributed by atoms with E-state index in [1.807, 2.05) is 30.3 Å². The molecular weight excluding hydrogens is 254 g/mol. The molecular formula is C13H10ClNOS. The molecule has 4 heteroatoms. The summed E-state index contributed by atoms with van der Waals surface area (Å²) in [5.41, 5.74) is 0.480. The van der Waals surface area contributed by atoms with Crippen LogP contribution in [0.15, 0.2) is 52.4 Å². The smallest absolute Gasteiger partial charge is 0.178 e. The zero-order valence-corrected chi connectivity index (χ0v) is 10.8. The van der Waals surface area contributed by atoms with Crippen LogP contribution < -0.4 is 0 Å². The highest BCUT2D eigenvalue weighted by Crippen LogP contribution is 2.32. The average molecular weight is 264 g/mol. The van der Waals surface area contributed by atoms with E-state index in [0.717, 1.165) is 9.79 Å². The molecule has 0 N–H and O–H groups in total. The van der Waals surface area contributed by atoms with E-state index >= 15 is 0 Å². The summed E-state index contributed by atoms with van der Waals surface area (Å²) >= 11 is 7.59. The number of benzene rings is 1. The fourth-order valence-corrected chi connectivity index (χ4v) is 2.36. The Morgan fingerprint density at radius 2 is 2.00 bits per heavy atom. The Morgan fingerprint density at radius 3 is 2.59 bits per heavy atom. The van der Waals surface area contributed by atoms with Gasteiger partial charge in [0.05, 0.1) is 5.02 Å². The number of nitrogens with zero attached hydrogens (tertiary/aromatic N) is 1. The first-order valence-electron chi connectivity index (χ1n) is 5.06. The highest BCUT2D eigenvalue weighted by molar-refractivity contribution is 7.99. The Kier molecular flexibility index (Phi) is 3.82. The number of rotatable bonds is 3. The summed E-state index contributed by atoms with van der Waals surface area (Å²) in [7, 11) is 0. The van der Waals surface area contributed by atoms with Crippen molar-refractivity contribution in [2.45, 2.75) is 16.7 Å². The minimum atomic E-state index is -0.0284. The van der Waals surface area contributed by atoms with Gasteiger partial charge in [-0.3, -0.25) is 9.78 Å². The lowest BCUT2D eigenvalue weighted by atomic mass is 10.3. The van der Waals surface area contributed by atoms with Crippen molar-refractivity contribution in [2.75, 3.05) is 0 Å². The SMILES string of the molecule is CC(=O)c1ccc(Sc2ccccc2Cl)cn1. The van der Waals surface area contributed by atoms with Crippen molar-refractivity contribution in [3.8, 4) is 0 Å². The summed E-state index contributed by atoms with van der Waals surface area (Å²) in [4.78, 5) is 17.1. The van der Waals surface area contributed by atoms with Crippen LogP contribution in [0.4, 0.5) is 0 Å². The third-order valence-corrected chi connectivity index (χ3v) is 3.66. The van der Waals surface area contributed by atoms with E-state index in [1.165, 1.54) is 18.7 Å². The number of carbonyl (C=O) groups excluding carboxylic acids is 1. The molecule has 0 amide bonds. The molecule has 2 nitrogen and oxygen atoms in total. The van der Waals surface area contributed by atoms with Crippen molar-refractivity contribution in [1.29, 1.82) is 0 Å². The molecule has 0 unspecified atom stereocenters. The Bertz CT molecular complexity index is 539. The normalized spacial score (nSPS) is 10.2. The number of pyridine rings is 1. The summed E-state index contributed by atoms with van der Waals surface area (Å²) in [6.45, 7) is 1.50. The van der Waals surface area contributed by atoms with Gasteiger partial charge >= 0.3 is 0 Å². The molecule has 0 aliphatic carbocycles. The van der Waals surface area contributed by atoms with Crippen molar-refractivity contribution in [3.05, 3.63) is 53.3 Å². The van der Waals surface area contributed by atoms with Crippen LogP contribution in [-0.2, 0) is 0 Å². The van der Waals surface area contributed by atoms with Crippen LogP contribution in [0.3, 0.4) is 0 Å². The molecule has 0 saturated heterocycles. The first-order chi connectivity index (χ1) is 8.16. The number of carbonyl (C=O) groups is 1. The summed E-state index contributed by atoms with van der Waals surface area (Å²) < 4.78 is 0. The zero-order valence-electron chi connectivity index (χ0n) is 9.18. The molecule has 0 fully saturated rings. The van der Waals surface area contributed by atoms with Gasteiger partial charge in [0.1, 0.15) is 5.69 Å². The summed E-state index contributed by atoms with van der Waals surface area (Å²) in [5.74, 6) is -0.0284. The molecule has 17 heavy (non-hydrogen) atoms. The molecule has 0 atom stereocenters. The maximum absolute atomic E-state index is 11.1. The van der Waals surface area contributed by atoms with Gasteiger partial charge in [-0.15, -0.1) is 0 Å². The second-order valence-electron chi connectivity index (χ2n) is 3.47. The van der Waals surface area contributed by atoms with E-state index in [4.69, 9.17) is 11.6 Å². The Morgan fingerprint density at radius 1 is 1.24 bits per heavy atom. The van der Waals surface area contributed by atoms with Gasteiger partial charge in [0, 0.05) is 22.9 Å². The van der Waals surface area contributed by atoms with Gasteiger partial charge in [-0.2, -0.15) is 0 Å². The van der Waals surface area contributed by atoms with Gasteiger partial charge < -0.3 is 0 Å². The number of hydrogen-bond acceptors (Lipinski definition) is 3. The summed E-state index contributed by atoms with van der Waals surface area (Å²) in [6.07, 6.45) is 1.69. The van der Waals surface area contributed by atoms with E-state index in [1.54, 1.807) is 12.3 Å². The van der Waals surface area contributed by atoms with E-state index in [9.17, 15) is 4.79 Å². The Labute approximate surface area is 109 Å². The van der Waals surface area contributed by atoms with Crippen molar-refractivity contribution < 1.29 is 4.79 Å². The maximum Gasteiger partial charge on any atom is 0.178 e. The van der Waals surface area contributed by atoms with Gasteiger partial charge in [0.25, 0.3) is 0 Å². The van der Waals surface area contributed by atoms with Gasteiger partial charge in [0.15, 0.2) is 5.78 Å². The number of aromatic nitrogens is 1. The van der Waals surface area contributed by atoms with E-state index in [-0.39, 0.29) is 5.78 Å². The largest absolute Gasteiger partial charge is 0.293 e. The highest BCUT2D eigenvalue weighted by atomic mass is 35.5. The molecule has 0 bridgehead atoms. The number of Topliss-reactive ketones (excluding diaryl/α,β-unsaturated/α-hetero) is 1. The van der Waals surface area contributed by atoms with Crippen LogP contribution in [-0.4, -0.2) is 10.8 Å². The predicted molar refractivity (Wildman–Crippen MR) is 69.8 cm³/mol. The molecule has 0 saturated carbocycles. The monoisotopic (exact) mass is 263 g/mol. The van der Waals surface area contributed by atoms with Crippen LogP contribution in [0.2, 0.25) is 5.02 Å². The first kappa shape index (κ1) is 12.1. The Balaban J connectivity index is 2.20. The zero-order chi connectivity index (χ0) is 12.3. The molecule has 2 aromatic rings. The molecule has 86 valence electrons. The van der Waals surface area contributed by atoms with Crippen molar-refractivity contribution in [2.24, 2.45) is 0 Å². The van der Waals surface area contributed by atoms with Crippen LogP contribution in [0.25, 0.3) is 0 Å². The van der Waals surface area contributed by atoms with Crippen LogP contribution in [0.1, 0.15) is 17.4 Å². The maximum atomic E-state index is 11.1. The molecule has 0 spiro atoms. The quantitative estimate of drug-likeness (QED) is 0.782. The first-order valence-corrected chi connectivity index (χ1v) is 6.25. The topological polar surface area (TPSA) is 30.0 Å². The standard InChI is InChI=1S/C13H10ClNOS/c1-9(16)12-7-6-10(8-15-12)17-13-5-3-2-4-11(13)14/h2-8H,1H3. The number of ketones is 1. The second kappa shape index (κ2) is 5.34. The summed E-state index contributed by atoms with van der Waals surface area (Å²) in [6, 6.07) is 11.2. The lowest BCUT2D eigenvalue weighted by Crippen LogP contribution is -1.95. The lowest BCUT2D eigenvalue weighted by molar-refractivity contribution is 0.101. The number of hydrogen-bond donors (Lipinski definition) is 0. The lowest BCUT2D eigenvalue weighted by Gasteiger charge is -2.03. The van der Waals surface area contributed by atoms with Crippen molar-refractivity contribution in [3.63, 3.8) is 0 Å². The predicted octanol–water partition coefficient (Wildman–Crippen LogP) is 4.09. The van der Waals surface area contributed by atoms with Crippen molar-refractivity contribution >= 4 is 29.1 Å². The fraction of sp³-hybridized carbons (Fsp3) is 0.0769. The van der Waals surface area contributed by atoms with E-state index < -0.39 is 0 Å². The molecule has 1 heterocycles. The van der Waals surface area contributed by atoms with E-state index in [0.29, 0.717) is 10.7 Å². The van der Waals surface area contributed by atoms with Crippen molar-refractivity contribution in [1.82, 2.24) is 4.98 Å². The minimum Gasteiger partial charge on any atom is -0.293 e. The van der Waals surface area contributed by atoms with Gasteiger partial charge in [-0.25, -0.2) is 0 Å². The van der Waals surface area contributed by atoms with Gasteiger partial charge in [-0.1, -0.05) is 35.5 Å². The second-order valence-corrected chi connectivity index (χ2v) is 4.99. The summed E-state index contributed by atoms with van der Waals surface area (Å²) in [5, 5.41) is 0.716. The molecule has 2 rings (SSSR count). The third-order valence-electron chi connectivity index (χ3n) is 2.16. The van der Waals surface area contributed by atoms with Gasteiger partial charge in [0.2, 0.25) is 0 Å². The molecule has 1 aromatic carbocycles. The Hall–Kier alpha value is -1.32. The molecule has 0 radical (unpaired) electrons. The average Bonchev–Trinajstić information content (AvgIpc) is 2.33. The third kappa shape index (κ3) is 3.08. The van der Waals surface area contributed by atoms with Crippen LogP contribution in [0, 0.1) is 0 Å². The number of halogens is 1. The minimum absolute atomic E-state index is 0.0284. The van der Waals surface area contributed by atoms with Crippen LogP contribution >= 0.6 is 23.4 Å². The van der Waals surface area contributed by atoms with E-state index in [2.05, 4.69) is 4.98 Å². The van der Waals surface area contributed by atoms with Gasteiger partial charge in [-0.05, 0) is 24.3 Å².